The van der Waals surface area contributed by atoms with Crippen LogP contribution < -0.4 is 0 Å². The van der Waals surface area contributed by atoms with E-state index in [4.69, 9.17) is 16.3 Å². The van der Waals surface area contributed by atoms with E-state index >= 15 is 0 Å². The van der Waals surface area contributed by atoms with Crippen molar-refractivity contribution in [2.75, 3.05) is 5.88 Å². The molecular weight excluding hydrogens is 268 g/mol. The average Bonchev–Trinajstić information content (AvgIpc) is 2.50. The van der Waals surface area contributed by atoms with Crippen LogP contribution in [-0.2, 0) is 4.74 Å². The van der Waals surface area contributed by atoms with Gasteiger partial charge in [0.25, 0.3) is 0 Å². The normalized spacial score (nSPS) is 34.2. The number of allylic oxidation sites excluding steroid dienone is 2. The predicted octanol–water partition coefficient (Wildman–Crippen LogP) is 5.98. The van der Waals surface area contributed by atoms with Crippen molar-refractivity contribution in [3.8, 4) is 0 Å². The molecule has 1 fully saturated rings. The van der Waals surface area contributed by atoms with Crippen LogP contribution in [0, 0.1) is 11.8 Å². The fourth-order valence-corrected chi connectivity index (χ4v) is 3.38. The standard InChI is InChI=1S/C14H21ClO.2C2H6/c1-3-8-14(2)9-11(10-15)12-6-4-5-7-13(12)16-14;2*1-2/h4-7,11-13H,3,8-10H2,1-2H3;2*1-2H3. The summed E-state index contributed by atoms with van der Waals surface area (Å²) in [6.07, 6.45) is 12.3. The van der Waals surface area contributed by atoms with Crippen LogP contribution in [0.25, 0.3) is 0 Å². The molecule has 4 atom stereocenters. The Morgan fingerprint density at radius 2 is 1.75 bits per heavy atom. The molecule has 0 saturated carbocycles. The second-order valence-corrected chi connectivity index (χ2v) is 5.56. The molecule has 0 amide bonds. The molecule has 1 saturated heterocycles. The summed E-state index contributed by atoms with van der Waals surface area (Å²) >= 11 is 6.11. The van der Waals surface area contributed by atoms with E-state index in [1.165, 1.54) is 6.42 Å². The fraction of sp³-hybridized carbons (Fsp3) is 0.778. The van der Waals surface area contributed by atoms with Crippen LogP contribution in [0.1, 0.15) is 60.8 Å². The summed E-state index contributed by atoms with van der Waals surface area (Å²) in [7, 11) is 0. The molecule has 2 aliphatic rings. The van der Waals surface area contributed by atoms with E-state index in [2.05, 4.69) is 38.2 Å². The van der Waals surface area contributed by atoms with Crippen molar-refractivity contribution in [2.45, 2.75) is 72.5 Å². The SMILES string of the molecule is CC.CC.CCCC1(C)CC(CCl)C2C=CC=CC2O1. The molecule has 1 nitrogen and oxygen atoms in total. The first-order valence-corrected chi connectivity index (χ1v) is 8.81. The molecule has 1 aliphatic carbocycles. The van der Waals surface area contributed by atoms with E-state index in [-0.39, 0.29) is 11.7 Å². The maximum absolute atomic E-state index is 6.25. The van der Waals surface area contributed by atoms with Crippen molar-refractivity contribution in [3.63, 3.8) is 0 Å². The first kappa shape index (κ1) is 19.7. The van der Waals surface area contributed by atoms with Crippen LogP contribution in [-0.4, -0.2) is 17.6 Å². The van der Waals surface area contributed by atoms with Gasteiger partial charge in [0.05, 0.1) is 11.7 Å². The molecule has 20 heavy (non-hydrogen) atoms. The highest BCUT2D eigenvalue weighted by molar-refractivity contribution is 6.18. The van der Waals surface area contributed by atoms with Gasteiger partial charge in [0, 0.05) is 11.8 Å². The van der Waals surface area contributed by atoms with Crippen LogP contribution in [0.15, 0.2) is 24.3 Å². The van der Waals surface area contributed by atoms with Gasteiger partial charge in [-0.15, -0.1) is 11.6 Å². The number of ether oxygens (including phenoxy) is 1. The number of hydrogen-bond acceptors (Lipinski definition) is 1. The largest absolute Gasteiger partial charge is 0.367 e. The lowest BCUT2D eigenvalue weighted by Gasteiger charge is -2.46. The predicted molar refractivity (Wildman–Crippen MR) is 91.5 cm³/mol. The zero-order chi connectivity index (χ0) is 15.6. The Morgan fingerprint density at radius 3 is 2.30 bits per heavy atom. The third kappa shape index (κ3) is 5.26. The molecule has 0 aromatic rings. The van der Waals surface area contributed by atoms with Gasteiger partial charge in [-0.25, -0.2) is 0 Å². The van der Waals surface area contributed by atoms with Gasteiger partial charge in [-0.1, -0.05) is 65.3 Å². The van der Waals surface area contributed by atoms with Crippen molar-refractivity contribution in [1.29, 1.82) is 0 Å². The molecule has 118 valence electrons. The first-order valence-electron chi connectivity index (χ1n) is 8.27. The Hall–Kier alpha value is -0.270. The number of halogens is 1. The van der Waals surface area contributed by atoms with E-state index in [1.54, 1.807) is 0 Å². The fourth-order valence-electron chi connectivity index (χ4n) is 3.06. The summed E-state index contributed by atoms with van der Waals surface area (Å²) in [5.41, 5.74) is 0.0188. The van der Waals surface area contributed by atoms with Gasteiger partial charge in [-0.3, -0.25) is 0 Å². The van der Waals surface area contributed by atoms with Gasteiger partial charge >= 0.3 is 0 Å². The zero-order valence-electron chi connectivity index (χ0n) is 14.2. The average molecular weight is 301 g/mol. The molecule has 1 aliphatic heterocycles. The summed E-state index contributed by atoms with van der Waals surface area (Å²) in [5.74, 6) is 1.77. The quantitative estimate of drug-likeness (QED) is 0.582. The second kappa shape index (κ2) is 10.5. The molecule has 4 unspecified atom stereocenters. The van der Waals surface area contributed by atoms with Crippen molar-refractivity contribution < 1.29 is 4.74 Å². The topological polar surface area (TPSA) is 9.23 Å². The van der Waals surface area contributed by atoms with Crippen LogP contribution in [0.2, 0.25) is 0 Å². The lowest BCUT2D eigenvalue weighted by molar-refractivity contribution is -0.137. The van der Waals surface area contributed by atoms with E-state index in [0.717, 1.165) is 18.7 Å². The third-order valence-electron chi connectivity index (χ3n) is 3.76. The number of hydrogen-bond donors (Lipinski definition) is 0. The van der Waals surface area contributed by atoms with Crippen molar-refractivity contribution >= 4 is 11.6 Å². The van der Waals surface area contributed by atoms with Gasteiger partial charge in [-0.05, 0) is 25.7 Å². The third-order valence-corrected chi connectivity index (χ3v) is 4.16. The highest BCUT2D eigenvalue weighted by Gasteiger charge is 2.42. The zero-order valence-corrected chi connectivity index (χ0v) is 14.9. The monoisotopic (exact) mass is 300 g/mol. The maximum Gasteiger partial charge on any atom is 0.0832 e. The van der Waals surface area contributed by atoms with Crippen LogP contribution in [0.3, 0.4) is 0 Å². The Morgan fingerprint density at radius 1 is 1.15 bits per heavy atom. The molecule has 2 rings (SSSR count). The Labute approximate surface area is 131 Å². The number of fused-ring (bicyclic) bond motifs is 1. The summed E-state index contributed by atoms with van der Waals surface area (Å²) < 4.78 is 6.25. The van der Waals surface area contributed by atoms with Gasteiger partial charge in [0.1, 0.15) is 0 Å². The Bertz CT molecular complexity index is 298. The van der Waals surface area contributed by atoms with Gasteiger partial charge in [0.15, 0.2) is 0 Å². The maximum atomic E-state index is 6.25. The minimum Gasteiger partial charge on any atom is -0.367 e. The van der Waals surface area contributed by atoms with E-state index < -0.39 is 0 Å². The van der Waals surface area contributed by atoms with Crippen LogP contribution in [0.5, 0.6) is 0 Å². The Kier molecular flexibility index (Phi) is 10.3. The smallest absolute Gasteiger partial charge is 0.0832 e. The molecular formula is C18H33ClO. The lowest BCUT2D eigenvalue weighted by atomic mass is 9.75. The summed E-state index contributed by atoms with van der Waals surface area (Å²) in [6, 6.07) is 0. The summed E-state index contributed by atoms with van der Waals surface area (Å²) in [4.78, 5) is 0. The van der Waals surface area contributed by atoms with Gasteiger partial charge in [0.2, 0.25) is 0 Å². The summed E-state index contributed by atoms with van der Waals surface area (Å²) in [6.45, 7) is 12.4. The molecule has 1 heterocycles. The molecule has 2 heteroatoms. The molecule has 0 aromatic carbocycles. The van der Waals surface area contributed by atoms with Crippen molar-refractivity contribution in [2.24, 2.45) is 11.8 Å². The van der Waals surface area contributed by atoms with Crippen LogP contribution >= 0.6 is 11.6 Å². The molecule has 0 N–H and O–H groups in total. The van der Waals surface area contributed by atoms with E-state index in [0.29, 0.717) is 11.8 Å². The minimum atomic E-state index is 0.0188. The Balaban J connectivity index is 0.000000829. The van der Waals surface area contributed by atoms with E-state index in [1.807, 2.05) is 27.7 Å². The van der Waals surface area contributed by atoms with Crippen LogP contribution in [0.4, 0.5) is 0 Å². The van der Waals surface area contributed by atoms with Gasteiger partial charge < -0.3 is 4.74 Å². The molecule has 0 radical (unpaired) electrons. The highest BCUT2D eigenvalue weighted by Crippen LogP contribution is 2.41. The number of alkyl halides is 1. The highest BCUT2D eigenvalue weighted by atomic mass is 35.5. The molecule has 0 spiro atoms. The first-order chi connectivity index (χ1) is 9.68. The summed E-state index contributed by atoms with van der Waals surface area (Å²) in [5, 5.41) is 0. The van der Waals surface area contributed by atoms with Gasteiger partial charge in [-0.2, -0.15) is 0 Å². The van der Waals surface area contributed by atoms with Crippen molar-refractivity contribution in [1.82, 2.24) is 0 Å². The molecule has 0 aromatic heterocycles. The van der Waals surface area contributed by atoms with E-state index in [9.17, 15) is 0 Å². The van der Waals surface area contributed by atoms with Crippen molar-refractivity contribution in [3.05, 3.63) is 24.3 Å². The molecule has 0 bridgehead atoms. The number of rotatable bonds is 3. The second-order valence-electron chi connectivity index (χ2n) is 5.25. The lowest BCUT2D eigenvalue weighted by Crippen LogP contribution is -2.47. The minimum absolute atomic E-state index is 0.0188.